The second-order valence-electron chi connectivity index (χ2n) is 7.16. The Bertz CT molecular complexity index is 920. The van der Waals surface area contributed by atoms with Crippen molar-refractivity contribution in [2.24, 2.45) is 0 Å². The largest absolute Gasteiger partial charge is 0.379 e. The molecule has 2 aromatic carbocycles. The average molecular weight is 430 g/mol. The van der Waals surface area contributed by atoms with Gasteiger partial charge in [0.1, 0.15) is 0 Å². The Morgan fingerprint density at radius 2 is 1.66 bits per heavy atom. The molecule has 1 aliphatic rings. The molecule has 0 aliphatic carbocycles. The third-order valence-electron chi connectivity index (χ3n) is 4.48. The van der Waals surface area contributed by atoms with Crippen molar-refractivity contribution >= 4 is 40.8 Å². The highest BCUT2D eigenvalue weighted by Gasteiger charge is 2.39. The molecule has 0 fully saturated rings. The van der Waals surface area contributed by atoms with Gasteiger partial charge in [0.15, 0.2) is 0 Å². The Kier molecular flexibility index (Phi) is 7.17. The number of hydrogen-bond donors (Lipinski definition) is 0. The van der Waals surface area contributed by atoms with Crippen molar-refractivity contribution in [3.05, 3.63) is 69.6 Å². The highest BCUT2D eigenvalue weighted by Crippen LogP contribution is 2.40. The normalized spacial score (nSPS) is 14.4. The second kappa shape index (κ2) is 9.61. The molecule has 0 atom stereocenters. The van der Waals surface area contributed by atoms with E-state index in [9.17, 15) is 9.59 Å². The number of amides is 2. The standard InChI is InChI=1S/C23H24ClNO3S/c1-15(2)28-14-4-13-25-22(26)20(17-7-5-16(3)6-8-17)21(23(25)27)29-19-11-9-18(24)10-12-19/h5-12,15H,4,13-14H2,1-3H3. The fourth-order valence-electron chi connectivity index (χ4n) is 2.99. The SMILES string of the molecule is Cc1ccc(C2=C(Sc3ccc(Cl)cc3)C(=O)N(CCCOC(C)C)C2=O)cc1. The quantitative estimate of drug-likeness (QED) is 0.420. The van der Waals surface area contributed by atoms with Gasteiger partial charge in [-0.15, -0.1) is 0 Å². The summed E-state index contributed by atoms with van der Waals surface area (Å²) in [5.74, 6) is -0.505. The summed E-state index contributed by atoms with van der Waals surface area (Å²) in [6, 6.07) is 14.9. The van der Waals surface area contributed by atoms with Crippen molar-refractivity contribution in [1.82, 2.24) is 4.90 Å². The number of halogens is 1. The minimum atomic E-state index is -0.255. The summed E-state index contributed by atoms with van der Waals surface area (Å²) in [6.07, 6.45) is 0.729. The van der Waals surface area contributed by atoms with Crippen LogP contribution in [0, 0.1) is 6.92 Å². The first-order valence-corrected chi connectivity index (χ1v) is 10.8. The average Bonchev–Trinajstić information content (AvgIpc) is 2.91. The fraction of sp³-hybridized carbons (Fsp3) is 0.304. The lowest BCUT2D eigenvalue weighted by Crippen LogP contribution is -2.33. The third-order valence-corrected chi connectivity index (χ3v) is 5.82. The molecule has 3 rings (SSSR count). The summed E-state index contributed by atoms with van der Waals surface area (Å²) in [7, 11) is 0. The zero-order chi connectivity index (χ0) is 21.0. The first-order chi connectivity index (χ1) is 13.9. The van der Waals surface area contributed by atoms with Crippen molar-refractivity contribution in [3.8, 4) is 0 Å². The van der Waals surface area contributed by atoms with Gasteiger partial charge in [0.2, 0.25) is 0 Å². The molecule has 0 bridgehead atoms. The van der Waals surface area contributed by atoms with Crippen LogP contribution < -0.4 is 0 Å². The van der Waals surface area contributed by atoms with Crippen LogP contribution in [-0.2, 0) is 14.3 Å². The molecule has 0 saturated heterocycles. The van der Waals surface area contributed by atoms with Crippen LogP contribution in [0.2, 0.25) is 5.02 Å². The molecular formula is C23H24ClNO3S. The number of aryl methyl sites for hydroxylation is 1. The monoisotopic (exact) mass is 429 g/mol. The molecule has 0 saturated carbocycles. The topological polar surface area (TPSA) is 46.6 Å². The number of nitrogens with zero attached hydrogens (tertiary/aromatic N) is 1. The lowest BCUT2D eigenvalue weighted by molar-refractivity contribution is -0.136. The predicted octanol–water partition coefficient (Wildman–Crippen LogP) is 5.34. The second-order valence-corrected chi connectivity index (χ2v) is 8.68. The van der Waals surface area contributed by atoms with Gasteiger partial charge >= 0.3 is 0 Å². The van der Waals surface area contributed by atoms with Gasteiger partial charge in [-0.3, -0.25) is 14.5 Å². The van der Waals surface area contributed by atoms with E-state index in [0.717, 1.165) is 16.0 Å². The summed E-state index contributed by atoms with van der Waals surface area (Å²) in [5, 5.41) is 0.627. The van der Waals surface area contributed by atoms with Gasteiger partial charge in [0.05, 0.1) is 16.6 Å². The zero-order valence-electron chi connectivity index (χ0n) is 16.8. The fourth-order valence-corrected chi connectivity index (χ4v) is 4.13. The van der Waals surface area contributed by atoms with E-state index in [0.29, 0.717) is 35.1 Å². The molecule has 29 heavy (non-hydrogen) atoms. The Morgan fingerprint density at radius 1 is 1.00 bits per heavy atom. The van der Waals surface area contributed by atoms with E-state index in [1.165, 1.54) is 16.7 Å². The van der Waals surface area contributed by atoms with Gasteiger partial charge < -0.3 is 4.74 Å². The van der Waals surface area contributed by atoms with E-state index in [2.05, 4.69) is 0 Å². The van der Waals surface area contributed by atoms with Gasteiger partial charge in [-0.1, -0.05) is 53.2 Å². The Morgan fingerprint density at radius 3 is 2.28 bits per heavy atom. The highest BCUT2D eigenvalue weighted by atomic mass is 35.5. The molecule has 0 spiro atoms. The van der Waals surface area contributed by atoms with Gasteiger partial charge in [0.25, 0.3) is 11.8 Å². The molecule has 0 unspecified atom stereocenters. The Hall–Kier alpha value is -2.08. The lowest BCUT2D eigenvalue weighted by atomic mass is 10.0. The first-order valence-electron chi connectivity index (χ1n) is 9.59. The smallest absolute Gasteiger partial charge is 0.268 e. The number of thioether (sulfide) groups is 1. The number of ether oxygens (including phenoxy) is 1. The van der Waals surface area contributed by atoms with Crippen molar-refractivity contribution in [1.29, 1.82) is 0 Å². The van der Waals surface area contributed by atoms with Crippen molar-refractivity contribution in [2.45, 2.75) is 38.2 Å². The summed E-state index contributed by atoms with van der Waals surface area (Å²) in [5.41, 5.74) is 2.31. The third kappa shape index (κ3) is 5.30. The first kappa shape index (κ1) is 21.6. The van der Waals surface area contributed by atoms with Crippen LogP contribution in [0.4, 0.5) is 0 Å². The molecule has 1 heterocycles. The van der Waals surface area contributed by atoms with Crippen LogP contribution in [0.5, 0.6) is 0 Å². The molecule has 2 amide bonds. The molecule has 4 nitrogen and oxygen atoms in total. The van der Waals surface area contributed by atoms with Gasteiger partial charge in [-0.05, 0) is 57.0 Å². The van der Waals surface area contributed by atoms with Crippen LogP contribution in [-0.4, -0.2) is 36.0 Å². The molecular weight excluding hydrogens is 406 g/mol. The minimum absolute atomic E-state index is 0.122. The maximum Gasteiger partial charge on any atom is 0.268 e. The lowest BCUT2D eigenvalue weighted by Gasteiger charge is -2.15. The van der Waals surface area contributed by atoms with Gasteiger partial charge in [0, 0.05) is 23.1 Å². The van der Waals surface area contributed by atoms with E-state index < -0.39 is 0 Å². The summed E-state index contributed by atoms with van der Waals surface area (Å²) < 4.78 is 5.55. The van der Waals surface area contributed by atoms with Crippen LogP contribution in [0.15, 0.2) is 58.3 Å². The zero-order valence-corrected chi connectivity index (χ0v) is 18.3. The maximum atomic E-state index is 13.2. The summed E-state index contributed by atoms with van der Waals surface area (Å²) in [4.78, 5) is 28.9. The van der Waals surface area contributed by atoms with Crippen LogP contribution in [0.3, 0.4) is 0 Å². The number of imide groups is 1. The highest BCUT2D eigenvalue weighted by molar-refractivity contribution is 8.04. The number of carbonyl (C=O) groups excluding carboxylic acids is 2. The Balaban J connectivity index is 1.88. The molecule has 6 heteroatoms. The van der Waals surface area contributed by atoms with E-state index in [-0.39, 0.29) is 17.9 Å². The van der Waals surface area contributed by atoms with E-state index >= 15 is 0 Å². The van der Waals surface area contributed by atoms with Crippen molar-refractivity contribution in [2.75, 3.05) is 13.2 Å². The van der Waals surface area contributed by atoms with Crippen molar-refractivity contribution < 1.29 is 14.3 Å². The predicted molar refractivity (Wildman–Crippen MR) is 118 cm³/mol. The molecule has 0 aromatic heterocycles. The molecule has 1 aliphatic heterocycles. The van der Waals surface area contributed by atoms with E-state index in [4.69, 9.17) is 16.3 Å². The Labute approximate surface area is 180 Å². The van der Waals surface area contributed by atoms with Crippen LogP contribution >= 0.6 is 23.4 Å². The number of rotatable bonds is 8. The van der Waals surface area contributed by atoms with Crippen LogP contribution in [0.25, 0.3) is 5.57 Å². The van der Waals surface area contributed by atoms with Gasteiger partial charge in [-0.25, -0.2) is 0 Å². The van der Waals surface area contributed by atoms with E-state index in [1.807, 2.05) is 57.2 Å². The molecule has 0 N–H and O–H groups in total. The van der Waals surface area contributed by atoms with Crippen molar-refractivity contribution in [3.63, 3.8) is 0 Å². The molecule has 152 valence electrons. The molecule has 2 aromatic rings. The summed E-state index contributed by atoms with van der Waals surface area (Å²) >= 11 is 7.28. The van der Waals surface area contributed by atoms with Gasteiger partial charge in [-0.2, -0.15) is 0 Å². The van der Waals surface area contributed by atoms with E-state index in [1.54, 1.807) is 12.1 Å². The maximum absolute atomic E-state index is 13.2. The summed E-state index contributed by atoms with van der Waals surface area (Å²) in [6.45, 7) is 6.76. The minimum Gasteiger partial charge on any atom is -0.379 e. The van der Waals surface area contributed by atoms with Crippen LogP contribution in [0.1, 0.15) is 31.4 Å². The number of hydrogen-bond acceptors (Lipinski definition) is 4. The number of benzene rings is 2. The molecule has 0 radical (unpaired) electrons. The number of carbonyl (C=O) groups is 2.